The molecule has 3 amide bonds. The Morgan fingerprint density at radius 1 is 1.13 bits per heavy atom. The van der Waals surface area contributed by atoms with Gasteiger partial charge in [-0.2, -0.15) is 0 Å². The quantitative estimate of drug-likeness (QED) is 0.307. The highest BCUT2D eigenvalue weighted by Crippen LogP contribution is 2.40. The van der Waals surface area contributed by atoms with Crippen molar-refractivity contribution >= 4 is 34.8 Å². The van der Waals surface area contributed by atoms with Crippen LogP contribution in [0.1, 0.15) is 52.6 Å². The molecule has 0 saturated carbocycles. The number of amides is 3. The summed E-state index contributed by atoms with van der Waals surface area (Å²) in [6.45, 7) is 4.53. The van der Waals surface area contributed by atoms with Gasteiger partial charge in [-0.05, 0) is 53.9 Å². The number of nitrogens with two attached hydrogens (primary N) is 1. The first kappa shape index (κ1) is 27.4. The molecule has 0 aliphatic carbocycles. The number of benzene rings is 3. The number of rotatable bonds is 7. The van der Waals surface area contributed by atoms with Crippen molar-refractivity contribution in [3.8, 4) is 0 Å². The number of halogens is 1. The van der Waals surface area contributed by atoms with Gasteiger partial charge < -0.3 is 16.4 Å². The number of fused-ring (bicyclic) bond motifs is 1. The molecule has 0 saturated heterocycles. The summed E-state index contributed by atoms with van der Waals surface area (Å²) in [4.78, 5) is 51.9. The summed E-state index contributed by atoms with van der Waals surface area (Å²) in [5.41, 5.74) is 6.43. The van der Waals surface area contributed by atoms with Crippen LogP contribution in [-0.2, 0) is 4.79 Å². The average Bonchev–Trinajstić information content (AvgIpc) is 3.07. The van der Waals surface area contributed by atoms with Gasteiger partial charge in [-0.3, -0.25) is 29.4 Å². The third-order valence-corrected chi connectivity index (χ3v) is 6.54. The number of carbonyl (C=O) groups excluding carboxylic acids is 3. The van der Waals surface area contributed by atoms with Crippen LogP contribution in [0.5, 0.6) is 0 Å². The summed E-state index contributed by atoms with van der Waals surface area (Å²) in [6.07, 6.45) is -0.173. The van der Waals surface area contributed by atoms with Gasteiger partial charge in [0.2, 0.25) is 5.91 Å². The Kier molecular flexibility index (Phi) is 7.73. The van der Waals surface area contributed by atoms with Crippen LogP contribution >= 0.6 is 0 Å². The van der Waals surface area contributed by atoms with Crippen molar-refractivity contribution in [2.75, 3.05) is 23.3 Å². The fraction of sp³-hybridized carbons (Fsp3) is 0.250. The summed E-state index contributed by atoms with van der Waals surface area (Å²) < 4.78 is 13.7. The van der Waals surface area contributed by atoms with E-state index in [1.165, 1.54) is 65.6 Å². The number of hydrogen-bond acceptors (Lipinski definition) is 6. The highest BCUT2D eigenvalue weighted by Gasteiger charge is 2.35. The fourth-order valence-electron chi connectivity index (χ4n) is 4.21. The minimum Gasteiger partial charge on any atom is -0.351 e. The molecule has 1 aliphatic heterocycles. The normalized spacial score (nSPS) is 15.1. The lowest BCUT2D eigenvalue weighted by molar-refractivity contribution is -0.384. The van der Waals surface area contributed by atoms with E-state index in [9.17, 15) is 28.9 Å². The number of hydrogen-bond donors (Lipinski definition) is 3. The predicted octanol–water partition coefficient (Wildman–Crippen LogP) is 4.18. The molecule has 1 heterocycles. The minimum absolute atomic E-state index is 0.0300. The van der Waals surface area contributed by atoms with Crippen molar-refractivity contribution in [2.45, 2.75) is 26.3 Å². The number of nitro groups is 1. The van der Waals surface area contributed by atoms with E-state index in [2.05, 4.69) is 10.6 Å². The summed E-state index contributed by atoms with van der Waals surface area (Å²) in [5, 5.41) is 16.9. The number of nitrogens with zero attached hydrogens (tertiary/aromatic N) is 2. The molecule has 1 atom stereocenters. The Balaban J connectivity index is 1.80. The van der Waals surface area contributed by atoms with Crippen LogP contribution in [0.15, 0.2) is 66.7 Å². The van der Waals surface area contributed by atoms with Crippen molar-refractivity contribution in [3.63, 3.8) is 0 Å². The lowest BCUT2D eigenvalue weighted by Crippen LogP contribution is -2.38. The van der Waals surface area contributed by atoms with Gasteiger partial charge in [0.05, 0.1) is 28.8 Å². The number of anilines is 2. The van der Waals surface area contributed by atoms with Gasteiger partial charge in [0, 0.05) is 29.8 Å². The second-order valence-corrected chi connectivity index (χ2v) is 10.1. The van der Waals surface area contributed by atoms with Gasteiger partial charge in [-0.1, -0.05) is 32.0 Å². The molecule has 202 valence electrons. The minimum atomic E-state index is -0.858. The molecule has 0 fully saturated rings. The Labute approximate surface area is 224 Å². The number of carbonyl (C=O) groups is 3. The van der Waals surface area contributed by atoms with E-state index < -0.39 is 28.6 Å². The first-order valence-electron chi connectivity index (χ1n) is 12.2. The van der Waals surface area contributed by atoms with E-state index in [1.807, 2.05) is 13.8 Å². The molecule has 11 heteroatoms. The molecule has 10 nitrogen and oxygen atoms in total. The Bertz CT molecular complexity index is 1440. The predicted molar refractivity (Wildman–Crippen MR) is 144 cm³/mol. The number of nitro benzene ring substituents is 1. The van der Waals surface area contributed by atoms with Crippen LogP contribution in [0, 0.1) is 21.3 Å². The number of non-ortho nitro benzene ring substituents is 1. The molecule has 1 aliphatic rings. The summed E-state index contributed by atoms with van der Waals surface area (Å²) in [6, 6.07) is 14.4. The van der Waals surface area contributed by atoms with Crippen LogP contribution in [0.4, 0.5) is 21.5 Å². The van der Waals surface area contributed by atoms with E-state index in [-0.39, 0.29) is 45.9 Å². The SMILES string of the molecule is CC(C)(CN)CNC(=O)c1ccc2c(c1)NC(=O)CC(c1ccc(F)cc1)N2C(=O)c1cccc([N+](=O)[O-])c1. The van der Waals surface area contributed by atoms with Crippen LogP contribution in [-0.4, -0.2) is 35.7 Å². The smallest absolute Gasteiger partial charge is 0.270 e. The zero-order valence-corrected chi connectivity index (χ0v) is 21.4. The van der Waals surface area contributed by atoms with E-state index in [0.29, 0.717) is 18.7 Å². The third-order valence-electron chi connectivity index (χ3n) is 6.54. The number of nitrogens with one attached hydrogen (secondary N) is 2. The zero-order chi connectivity index (χ0) is 28.3. The van der Waals surface area contributed by atoms with E-state index >= 15 is 0 Å². The first-order chi connectivity index (χ1) is 18.5. The highest BCUT2D eigenvalue weighted by atomic mass is 19.1. The molecule has 0 aromatic heterocycles. The second kappa shape index (κ2) is 11.0. The van der Waals surface area contributed by atoms with Crippen molar-refractivity contribution < 1.29 is 23.7 Å². The van der Waals surface area contributed by atoms with Gasteiger partial charge in [0.15, 0.2) is 0 Å². The lowest BCUT2D eigenvalue weighted by atomic mass is 9.94. The van der Waals surface area contributed by atoms with Crippen LogP contribution in [0.25, 0.3) is 0 Å². The van der Waals surface area contributed by atoms with Gasteiger partial charge in [-0.15, -0.1) is 0 Å². The van der Waals surface area contributed by atoms with Crippen molar-refractivity contribution in [1.29, 1.82) is 0 Å². The molecular formula is C28H28FN5O5. The monoisotopic (exact) mass is 533 g/mol. The third kappa shape index (κ3) is 6.10. The second-order valence-electron chi connectivity index (χ2n) is 10.1. The maximum atomic E-state index is 13.9. The van der Waals surface area contributed by atoms with Gasteiger partial charge in [0.25, 0.3) is 17.5 Å². The molecular weight excluding hydrogens is 505 g/mol. The summed E-state index contributed by atoms with van der Waals surface area (Å²) in [7, 11) is 0. The van der Waals surface area contributed by atoms with Gasteiger partial charge in [-0.25, -0.2) is 4.39 Å². The average molecular weight is 534 g/mol. The van der Waals surface area contributed by atoms with Crippen LogP contribution in [0.3, 0.4) is 0 Å². The van der Waals surface area contributed by atoms with Gasteiger partial charge in [0.1, 0.15) is 5.82 Å². The van der Waals surface area contributed by atoms with Crippen molar-refractivity contribution in [1.82, 2.24) is 5.32 Å². The topological polar surface area (TPSA) is 148 Å². The molecule has 39 heavy (non-hydrogen) atoms. The molecule has 3 aromatic rings. The summed E-state index contributed by atoms with van der Waals surface area (Å²) >= 11 is 0. The Morgan fingerprint density at radius 2 is 1.85 bits per heavy atom. The lowest BCUT2D eigenvalue weighted by Gasteiger charge is -2.31. The molecule has 0 bridgehead atoms. The molecule has 3 aromatic carbocycles. The molecule has 0 spiro atoms. The molecule has 4 N–H and O–H groups in total. The Morgan fingerprint density at radius 3 is 2.51 bits per heavy atom. The van der Waals surface area contributed by atoms with Crippen molar-refractivity contribution in [2.24, 2.45) is 11.1 Å². The first-order valence-corrected chi connectivity index (χ1v) is 12.2. The summed E-state index contributed by atoms with van der Waals surface area (Å²) in [5.74, 6) is -1.90. The van der Waals surface area contributed by atoms with Crippen molar-refractivity contribution in [3.05, 3.63) is 99.4 Å². The largest absolute Gasteiger partial charge is 0.351 e. The maximum absolute atomic E-state index is 13.9. The maximum Gasteiger partial charge on any atom is 0.270 e. The van der Waals surface area contributed by atoms with E-state index in [0.717, 1.165) is 6.07 Å². The molecule has 4 rings (SSSR count). The van der Waals surface area contributed by atoms with Crippen LogP contribution < -0.4 is 21.3 Å². The molecule has 1 unspecified atom stereocenters. The fourth-order valence-corrected chi connectivity index (χ4v) is 4.21. The van der Waals surface area contributed by atoms with Crippen LogP contribution in [0.2, 0.25) is 0 Å². The Hall–Kier alpha value is -4.64. The van der Waals surface area contributed by atoms with E-state index in [4.69, 9.17) is 5.73 Å². The zero-order valence-electron chi connectivity index (χ0n) is 21.4. The molecule has 0 radical (unpaired) electrons. The van der Waals surface area contributed by atoms with Gasteiger partial charge >= 0.3 is 0 Å². The highest BCUT2D eigenvalue weighted by molar-refractivity contribution is 6.12. The van der Waals surface area contributed by atoms with E-state index in [1.54, 1.807) is 0 Å². The standard InChI is InChI=1S/C28H28FN5O5/c1-28(2,15-30)16-31-26(36)18-8-11-23-22(13-18)32-25(35)14-24(17-6-9-20(29)10-7-17)33(23)27(37)19-4-3-5-21(12-19)34(38)39/h3-13,24H,14-16,30H2,1-2H3,(H,31,36)(H,32,35).